The number of unbranched alkanes of at least 4 members (excludes halogenated alkanes) is 1. The van der Waals surface area contributed by atoms with Crippen LogP contribution in [0.2, 0.25) is 0 Å². The van der Waals surface area contributed by atoms with Crippen molar-refractivity contribution in [2.75, 3.05) is 49.6 Å². The normalized spacial score (nSPS) is 30.1. The van der Waals surface area contributed by atoms with Gasteiger partial charge in [-0.2, -0.15) is 0 Å². The summed E-state index contributed by atoms with van der Waals surface area (Å²) in [7, 11) is 0. The number of nitrogens with two attached hydrogens (primary N) is 2. The number of hydrogen-bond donors (Lipinski definition) is 8. The molecule has 58 heavy (non-hydrogen) atoms. The van der Waals surface area contributed by atoms with E-state index in [1.165, 1.54) is 23.6 Å². The number of fused-ring (bicyclic) bond motifs is 1. The molecule has 15 heteroatoms. The van der Waals surface area contributed by atoms with Gasteiger partial charge in [0.15, 0.2) is 10.8 Å². The van der Waals surface area contributed by atoms with Crippen molar-refractivity contribution in [1.82, 2.24) is 20.6 Å². The summed E-state index contributed by atoms with van der Waals surface area (Å²) in [6, 6.07) is 8.23. The lowest BCUT2D eigenvalue weighted by molar-refractivity contribution is -0.566. The number of nitrogens with zero attached hydrogens (tertiary/aromatic N) is 3. The Kier molecular flexibility index (Phi) is 10.1. The summed E-state index contributed by atoms with van der Waals surface area (Å²) in [5.74, 6) is -0.401. The zero-order valence-electron chi connectivity index (χ0n) is 33.9. The molecule has 1 spiro atoms. The third-order valence-corrected chi connectivity index (χ3v) is 15.3. The molecule has 10 N–H and O–H groups in total. The number of aliphatic hydroxyl groups excluding tert-OH is 1. The maximum Gasteiger partial charge on any atom is 0.355 e. The summed E-state index contributed by atoms with van der Waals surface area (Å²) >= 11 is 1.18. The summed E-state index contributed by atoms with van der Waals surface area (Å²) in [5, 5.41) is 38.6. The smallest absolute Gasteiger partial charge is 0.355 e. The van der Waals surface area contributed by atoms with Crippen LogP contribution in [0.4, 0.5) is 15.3 Å². The van der Waals surface area contributed by atoms with Gasteiger partial charge in [-0.1, -0.05) is 31.3 Å². The number of nitrogens with one attached hydrogen (secondary N) is 4. The van der Waals surface area contributed by atoms with Crippen LogP contribution in [0.15, 0.2) is 58.8 Å². The first-order valence-electron chi connectivity index (χ1n) is 20.4. The molecule has 0 amide bonds. The molecule has 310 valence electrons. The molecule has 1 aromatic carbocycles. The lowest BCUT2D eigenvalue weighted by atomic mass is 9.03. The predicted molar refractivity (Wildman–Crippen MR) is 226 cm³/mol. The first kappa shape index (κ1) is 40.2. The van der Waals surface area contributed by atoms with Crippen LogP contribution < -0.4 is 32.3 Å². The lowest BCUT2D eigenvalue weighted by Gasteiger charge is -3.02. The van der Waals surface area contributed by atoms with Crippen molar-refractivity contribution < 1.29 is 24.1 Å². The van der Waals surface area contributed by atoms with Crippen molar-refractivity contribution in [2.24, 2.45) is 33.1 Å². The zero-order valence-corrected chi connectivity index (χ0v) is 34.7. The molecule has 8 rings (SSSR count). The Morgan fingerprint density at radius 3 is 2.53 bits per heavy atom. The quantitative estimate of drug-likeness (QED) is 0.0527. The fraction of sp³-hybridized carbons (Fsp3) is 0.535. The van der Waals surface area contributed by atoms with E-state index < -0.39 is 5.97 Å². The number of carbonyl (C=O) groups is 1. The van der Waals surface area contributed by atoms with Gasteiger partial charge in [0.25, 0.3) is 0 Å². The third kappa shape index (κ3) is 5.78. The summed E-state index contributed by atoms with van der Waals surface area (Å²) in [4.78, 5) is 23.7. The molecule has 0 radical (unpaired) electrons. The number of ether oxygens (including phenoxy) is 1. The van der Waals surface area contributed by atoms with E-state index in [0.717, 1.165) is 75.9 Å². The minimum Gasteiger partial charge on any atom is -0.476 e. The number of allylic oxidation sites excluding steroid dienone is 4. The van der Waals surface area contributed by atoms with Crippen LogP contribution in [0, 0.1) is 32.9 Å². The predicted octanol–water partition coefficient (Wildman–Crippen LogP) is 6.29. The van der Waals surface area contributed by atoms with Crippen LogP contribution in [0.1, 0.15) is 95.1 Å². The highest BCUT2D eigenvalue weighted by atomic mass is 32.1. The average molecular weight is 814 g/mol. The number of carboxylic acids is 1. The minimum absolute atomic E-state index is 0.0846. The van der Waals surface area contributed by atoms with Crippen LogP contribution in [-0.2, 0) is 4.74 Å². The molecule has 2 atom stereocenters. The summed E-state index contributed by atoms with van der Waals surface area (Å²) in [6.45, 7) is 12.5. The SMILES string of the molecule is C/C(NCC12CC3(C)CC4(OCCNCCCCO)CC(C)(C1)C324)=C(/C=N)c1ccc(N2CCCC(/C(C)=C(\N)Nc3nc4cccc(F)c4s3)=C2N)nc1C(=O)O. The van der Waals surface area contributed by atoms with Crippen molar-refractivity contribution in [3.8, 4) is 0 Å². The van der Waals surface area contributed by atoms with E-state index in [0.29, 0.717) is 69.1 Å². The molecule has 3 aromatic rings. The van der Waals surface area contributed by atoms with Gasteiger partial charge in [0.1, 0.15) is 23.3 Å². The minimum atomic E-state index is -1.20. The van der Waals surface area contributed by atoms with Gasteiger partial charge in [0.2, 0.25) is 0 Å². The number of rotatable bonds is 18. The van der Waals surface area contributed by atoms with Crippen molar-refractivity contribution in [1.29, 1.82) is 5.41 Å². The van der Waals surface area contributed by atoms with Crippen molar-refractivity contribution >= 4 is 50.3 Å². The molecule has 13 nitrogen and oxygen atoms in total. The van der Waals surface area contributed by atoms with Crippen molar-refractivity contribution in [3.05, 3.63) is 75.9 Å². The molecular formula is C43H56FN9O4S. The molecule has 4 aliphatic carbocycles. The highest BCUT2D eigenvalue weighted by Gasteiger charge is 3.02. The van der Waals surface area contributed by atoms with E-state index in [9.17, 15) is 14.3 Å². The second-order valence-corrected chi connectivity index (χ2v) is 18.7. The third-order valence-electron chi connectivity index (χ3n) is 14.3. The van der Waals surface area contributed by atoms with Gasteiger partial charge in [-0.15, -0.1) is 0 Å². The Balaban J connectivity index is 0.987. The fourth-order valence-corrected chi connectivity index (χ4v) is 13.9. The van der Waals surface area contributed by atoms with Crippen LogP contribution >= 0.6 is 11.3 Å². The first-order valence-corrected chi connectivity index (χ1v) is 21.2. The highest BCUT2D eigenvalue weighted by molar-refractivity contribution is 7.22. The van der Waals surface area contributed by atoms with Gasteiger partial charge in [-0.25, -0.2) is 19.2 Å². The monoisotopic (exact) mass is 813 g/mol. The highest BCUT2D eigenvalue weighted by Crippen LogP contribution is 3.03. The second kappa shape index (κ2) is 14.6. The molecule has 4 fully saturated rings. The second-order valence-electron chi connectivity index (χ2n) is 17.7. The van der Waals surface area contributed by atoms with Crippen LogP contribution in [0.3, 0.4) is 0 Å². The molecule has 4 saturated carbocycles. The van der Waals surface area contributed by atoms with E-state index in [2.05, 4.69) is 39.8 Å². The summed E-state index contributed by atoms with van der Waals surface area (Å²) in [6.07, 6.45) is 8.78. The number of aromatic nitrogens is 2. The number of halogens is 1. The van der Waals surface area contributed by atoms with E-state index in [1.807, 2.05) is 13.8 Å². The van der Waals surface area contributed by atoms with Gasteiger partial charge in [0, 0.05) is 54.7 Å². The van der Waals surface area contributed by atoms with E-state index in [4.69, 9.17) is 26.7 Å². The van der Waals surface area contributed by atoms with E-state index in [-0.39, 0.29) is 45.4 Å². The Hall–Kier alpha value is -4.57. The van der Waals surface area contributed by atoms with Gasteiger partial charge >= 0.3 is 5.97 Å². The van der Waals surface area contributed by atoms with Gasteiger partial charge < -0.3 is 52.7 Å². The Morgan fingerprint density at radius 1 is 1.10 bits per heavy atom. The van der Waals surface area contributed by atoms with Gasteiger partial charge in [0.05, 0.1) is 22.4 Å². The maximum atomic E-state index is 14.3. The van der Waals surface area contributed by atoms with Crippen molar-refractivity contribution in [3.63, 3.8) is 0 Å². The Bertz CT molecular complexity index is 2250. The zero-order chi connectivity index (χ0) is 41.3. The summed E-state index contributed by atoms with van der Waals surface area (Å²) in [5.41, 5.74) is 17.3. The van der Waals surface area contributed by atoms with Crippen molar-refractivity contribution in [2.45, 2.75) is 84.7 Å². The lowest BCUT2D eigenvalue weighted by Crippen LogP contribution is -3.01. The molecule has 0 bridgehead atoms. The molecule has 1 aliphatic heterocycles. The maximum absolute atomic E-state index is 14.3. The number of carboxylic acid groups (broad SMARTS) is 1. The number of thiazole rings is 1. The summed E-state index contributed by atoms with van der Waals surface area (Å²) < 4.78 is 21.5. The topological polar surface area (TPSA) is 208 Å². The van der Waals surface area contributed by atoms with Crippen LogP contribution in [0.5, 0.6) is 0 Å². The Labute approximate surface area is 342 Å². The molecular weight excluding hydrogens is 758 g/mol. The average Bonchev–Trinajstić information content (AvgIpc) is 3.59. The molecule has 0 saturated heterocycles. The van der Waals surface area contributed by atoms with Crippen LogP contribution in [0.25, 0.3) is 15.8 Å². The fourth-order valence-electron chi connectivity index (χ4n) is 13.1. The molecule has 3 heterocycles. The number of pyridine rings is 1. The molecule has 2 aromatic heterocycles. The van der Waals surface area contributed by atoms with E-state index >= 15 is 0 Å². The number of aromatic carboxylic acids is 1. The Morgan fingerprint density at radius 2 is 1.86 bits per heavy atom. The standard InChI is InChI=1S/C43H56FN9O4S/c1-25(35(46)52-38-50-31-11-7-10-30(44)34(31)58-38)27-9-8-16-53(36(27)47)32-13-12-28(33(51-32)37(55)56)29(19-45)26(2)49-24-41-20-39(3)22-42(23-40(4,21-41)43(39,41)42)57-18-15-48-14-5-6-17-54/h7,10-13,19,45,48-49,54H,5-6,8-9,14-18,20-24,46-47H2,1-4H3,(H,50,52)(H,55,56)/b29-26+,35-25+,45-19?. The number of aliphatic hydroxyl groups is 1. The number of anilines is 2. The molecule has 5 aliphatic rings. The van der Waals surface area contributed by atoms with Gasteiger partial charge in [-0.05, 0) is 123 Å². The van der Waals surface area contributed by atoms with Crippen LogP contribution in [-0.4, -0.2) is 77.4 Å². The number of hydrogen-bond acceptors (Lipinski definition) is 13. The molecule has 2 unspecified atom stereocenters. The number of benzene rings is 1. The van der Waals surface area contributed by atoms with Gasteiger partial charge in [-0.3, -0.25) is 0 Å². The largest absolute Gasteiger partial charge is 0.476 e. The first-order chi connectivity index (χ1) is 27.7. The van der Waals surface area contributed by atoms with E-state index in [1.54, 1.807) is 29.2 Å².